The predicted molar refractivity (Wildman–Crippen MR) is 60.6 cm³/mol. The number of sulfonamides is 1. The average Bonchev–Trinajstić information content (AvgIpc) is 2.65. The van der Waals surface area contributed by atoms with Gasteiger partial charge in [-0.1, -0.05) is 20.3 Å². The van der Waals surface area contributed by atoms with Gasteiger partial charge in [-0.2, -0.15) is 4.31 Å². The summed E-state index contributed by atoms with van der Waals surface area (Å²) in [5, 5.41) is 8.93. The Balaban J connectivity index is 2.79. The molecular formula is C10H19NO4S. The molecule has 1 saturated heterocycles. The average molecular weight is 249 g/mol. The molecule has 1 unspecified atom stereocenters. The van der Waals surface area contributed by atoms with Gasteiger partial charge in [0.25, 0.3) is 0 Å². The molecule has 1 rings (SSSR count). The van der Waals surface area contributed by atoms with E-state index in [1.165, 1.54) is 0 Å². The van der Waals surface area contributed by atoms with Crippen LogP contribution in [0.2, 0.25) is 0 Å². The highest BCUT2D eigenvalue weighted by atomic mass is 32.2. The molecule has 0 spiro atoms. The molecule has 0 bridgehead atoms. The number of carboxylic acid groups (broad SMARTS) is 1. The predicted octanol–water partition coefficient (Wildman–Crippen LogP) is 0.911. The first-order valence-corrected chi connectivity index (χ1v) is 7.21. The van der Waals surface area contributed by atoms with Gasteiger partial charge in [0.15, 0.2) is 0 Å². The van der Waals surface area contributed by atoms with Crippen LogP contribution in [0.5, 0.6) is 0 Å². The molecule has 1 N–H and O–H groups in total. The molecule has 0 radical (unpaired) electrons. The quantitative estimate of drug-likeness (QED) is 0.786. The van der Waals surface area contributed by atoms with Crippen molar-refractivity contribution in [3.05, 3.63) is 0 Å². The Labute approximate surface area is 96.5 Å². The Morgan fingerprint density at radius 2 is 2.19 bits per heavy atom. The highest BCUT2D eigenvalue weighted by Gasteiger charge is 2.38. The Hall–Kier alpha value is -0.620. The van der Waals surface area contributed by atoms with Gasteiger partial charge in [0, 0.05) is 6.54 Å². The van der Waals surface area contributed by atoms with Gasteiger partial charge in [0.2, 0.25) is 10.0 Å². The normalized spacial score (nSPS) is 24.5. The first kappa shape index (κ1) is 13.4. The van der Waals surface area contributed by atoms with E-state index < -0.39 is 22.0 Å². The molecule has 6 heteroatoms. The lowest BCUT2D eigenvalue weighted by Gasteiger charge is -2.22. The van der Waals surface area contributed by atoms with Crippen molar-refractivity contribution in [3.8, 4) is 0 Å². The fraction of sp³-hybridized carbons (Fsp3) is 0.900. The van der Waals surface area contributed by atoms with Crippen LogP contribution in [0.4, 0.5) is 0 Å². The molecular weight excluding hydrogens is 230 g/mol. The van der Waals surface area contributed by atoms with Crippen molar-refractivity contribution in [2.24, 2.45) is 5.92 Å². The molecule has 5 nitrogen and oxygen atoms in total. The van der Waals surface area contributed by atoms with E-state index in [0.29, 0.717) is 19.4 Å². The number of hydrogen-bond donors (Lipinski definition) is 1. The standard InChI is InChI=1S/C10H19NO4S/c1-3-8(2)7-16(14,15)11-6-4-5-9(11)10(12)13/h8-9H,3-7H2,1-2H3,(H,12,13)/t8?,9-/m1/s1. The van der Waals surface area contributed by atoms with E-state index in [1.807, 2.05) is 13.8 Å². The van der Waals surface area contributed by atoms with Gasteiger partial charge in [0.05, 0.1) is 5.75 Å². The van der Waals surface area contributed by atoms with Crippen molar-refractivity contribution in [1.82, 2.24) is 4.31 Å². The molecule has 0 aromatic heterocycles. The molecule has 0 amide bonds. The van der Waals surface area contributed by atoms with Crippen LogP contribution in [0, 0.1) is 5.92 Å². The highest BCUT2D eigenvalue weighted by molar-refractivity contribution is 7.89. The Morgan fingerprint density at radius 1 is 1.56 bits per heavy atom. The van der Waals surface area contributed by atoms with Gasteiger partial charge in [0.1, 0.15) is 6.04 Å². The Bertz CT molecular complexity index is 352. The molecule has 2 atom stereocenters. The van der Waals surface area contributed by atoms with E-state index in [2.05, 4.69) is 0 Å². The largest absolute Gasteiger partial charge is 0.480 e. The zero-order chi connectivity index (χ0) is 12.3. The summed E-state index contributed by atoms with van der Waals surface area (Å²) >= 11 is 0. The lowest BCUT2D eigenvalue weighted by atomic mass is 10.2. The number of hydrogen-bond acceptors (Lipinski definition) is 3. The van der Waals surface area contributed by atoms with Crippen LogP contribution in [0.1, 0.15) is 33.1 Å². The van der Waals surface area contributed by atoms with E-state index in [-0.39, 0.29) is 11.7 Å². The van der Waals surface area contributed by atoms with Gasteiger partial charge < -0.3 is 5.11 Å². The second-order valence-corrected chi connectivity index (χ2v) is 6.37. The number of carboxylic acids is 1. The van der Waals surface area contributed by atoms with Crippen LogP contribution < -0.4 is 0 Å². The van der Waals surface area contributed by atoms with Crippen LogP contribution in [0.15, 0.2) is 0 Å². The topological polar surface area (TPSA) is 74.7 Å². The molecule has 1 heterocycles. The van der Waals surface area contributed by atoms with Crippen molar-refractivity contribution >= 4 is 16.0 Å². The summed E-state index contributed by atoms with van der Waals surface area (Å²) in [6, 6.07) is -0.853. The maximum Gasteiger partial charge on any atom is 0.322 e. The zero-order valence-electron chi connectivity index (χ0n) is 9.72. The summed E-state index contributed by atoms with van der Waals surface area (Å²) in [6.45, 7) is 4.14. The van der Waals surface area contributed by atoms with Gasteiger partial charge in [-0.3, -0.25) is 4.79 Å². The third-order valence-corrected chi connectivity index (χ3v) is 5.18. The van der Waals surface area contributed by atoms with Crippen LogP contribution >= 0.6 is 0 Å². The number of rotatable bonds is 5. The molecule has 0 aromatic carbocycles. The van der Waals surface area contributed by atoms with Crippen molar-refractivity contribution in [2.45, 2.75) is 39.2 Å². The monoisotopic (exact) mass is 249 g/mol. The molecule has 16 heavy (non-hydrogen) atoms. The Morgan fingerprint density at radius 3 is 2.69 bits per heavy atom. The van der Waals surface area contributed by atoms with Crippen LogP contribution in [0.25, 0.3) is 0 Å². The van der Waals surface area contributed by atoms with Gasteiger partial charge in [-0.25, -0.2) is 8.42 Å². The van der Waals surface area contributed by atoms with Gasteiger partial charge >= 0.3 is 5.97 Å². The van der Waals surface area contributed by atoms with Gasteiger partial charge in [-0.05, 0) is 18.8 Å². The smallest absolute Gasteiger partial charge is 0.322 e. The van der Waals surface area contributed by atoms with E-state index in [4.69, 9.17) is 5.11 Å². The minimum atomic E-state index is -3.41. The second-order valence-electron chi connectivity index (χ2n) is 4.40. The van der Waals surface area contributed by atoms with E-state index in [9.17, 15) is 13.2 Å². The van der Waals surface area contributed by atoms with Crippen molar-refractivity contribution in [3.63, 3.8) is 0 Å². The summed E-state index contributed by atoms with van der Waals surface area (Å²) in [6.07, 6.45) is 1.84. The van der Waals surface area contributed by atoms with Gasteiger partial charge in [-0.15, -0.1) is 0 Å². The summed E-state index contributed by atoms with van der Waals surface area (Å²) in [5.74, 6) is -0.918. The lowest BCUT2D eigenvalue weighted by molar-refractivity contribution is -0.140. The SMILES string of the molecule is CCC(C)CS(=O)(=O)N1CCC[C@@H]1C(=O)O. The second kappa shape index (κ2) is 5.14. The molecule has 1 fully saturated rings. The number of carbonyl (C=O) groups is 1. The summed E-state index contributed by atoms with van der Waals surface area (Å²) in [7, 11) is -3.41. The first-order chi connectivity index (χ1) is 7.38. The Kier molecular flexibility index (Phi) is 4.32. The number of nitrogens with zero attached hydrogens (tertiary/aromatic N) is 1. The molecule has 0 saturated carbocycles. The number of aliphatic carboxylic acids is 1. The highest BCUT2D eigenvalue weighted by Crippen LogP contribution is 2.23. The minimum Gasteiger partial charge on any atom is -0.480 e. The molecule has 94 valence electrons. The third-order valence-electron chi connectivity index (χ3n) is 3.04. The summed E-state index contributed by atoms with van der Waals surface area (Å²) < 4.78 is 25.1. The van der Waals surface area contributed by atoms with Crippen LogP contribution in [0.3, 0.4) is 0 Å². The summed E-state index contributed by atoms with van der Waals surface area (Å²) in [4.78, 5) is 10.9. The lowest BCUT2D eigenvalue weighted by Crippen LogP contribution is -2.42. The fourth-order valence-electron chi connectivity index (χ4n) is 1.89. The first-order valence-electron chi connectivity index (χ1n) is 5.60. The van der Waals surface area contributed by atoms with Crippen molar-refractivity contribution < 1.29 is 18.3 Å². The molecule has 1 aliphatic rings. The van der Waals surface area contributed by atoms with E-state index in [0.717, 1.165) is 10.7 Å². The van der Waals surface area contributed by atoms with Crippen LogP contribution in [-0.4, -0.2) is 42.1 Å². The van der Waals surface area contributed by atoms with Crippen molar-refractivity contribution in [2.75, 3.05) is 12.3 Å². The molecule has 1 aliphatic heterocycles. The summed E-state index contributed by atoms with van der Waals surface area (Å²) in [5.41, 5.74) is 0. The van der Waals surface area contributed by atoms with Crippen LogP contribution in [-0.2, 0) is 14.8 Å². The maximum absolute atomic E-state index is 12.0. The molecule has 0 aromatic rings. The molecule has 0 aliphatic carbocycles. The van der Waals surface area contributed by atoms with E-state index in [1.54, 1.807) is 0 Å². The van der Waals surface area contributed by atoms with E-state index >= 15 is 0 Å². The minimum absolute atomic E-state index is 0.0489. The fourth-order valence-corrected chi connectivity index (χ4v) is 4.03. The zero-order valence-corrected chi connectivity index (χ0v) is 10.5. The maximum atomic E-state index is 12.0. The third kappa shape index (κ3) is 2.95. The van der Waals surface area contributed by atoms with Crippen molar-refractivity contribution in [1.29, 1.82) is 0 Å².